The molecule has 0 amide bonds. The molecule has 0 radical (unpaired) electrons. The average molecular weight is 331 g/mol. The monoisotopic (exact) mass is 331 g/mol. The molecule has 2 aromatic carbocycles. The fourth-order valence-electron chi connectivity index (χ4n) is 3.24. The SMILES string of the molecule is COc1ccc(C(=O)C[n+]2ccc3c([nH]c4ccccc43)c2C)cc1. The zero-order valence-corrected chi connectivity index (χ0v) is 14.2. The third kappa shape index (κ3) is 2.66. The molecular weight excluding hydrogens is 312 g/mol. The molecule has 1 N–H and O–H groups in total. The predicted molar refractivity (Wildman–Crippen MR) is 98.1 cm³/mol. The van der Waals surface area contributed by atoms with Gasteiger partial charge < -0.3 is 9.72 Å². The van der Waals surface area contributed by atoms with Gasteiger partial charge in [-0.05, 0) is 30.3 Å². The Balaban J connectivity index is 1.70. The number of nitrogens with one attached hydrogen (secondary N) is 1. The Bertz CT molecular complexity index is 1080. The van der Waals surface area contributed by atoms with Crippen LogP contribution in [0.3, 0.4) is 0 Å². The molecule has 4 heteroatoms. The molecule has 2 heterocycles. The van der Waals surface area contributed by atoms with E-state index in [1.807, 2.05) is 42.0 Å². The molecule has 0 fully saturated rings. The Kier molecular flexibility index (Phi) is 3.73. The molecule has 4 nitrogen and oxygen atoms in total. The number of ketones is 1. The van der Waals surface area contributed by atoms with Gasteiger partial charge in [0.2, 0.25) is 18.0 Å². The van der Waals surface area contributed by atoms with E-state index in [1.165, 1.54) is 10.8 Å². The fourth-order valence-corrected chi connectivity index (χ4v) is 3.24. The first-order valence-electron chi connectivity index (χ1n) is 8.24. The number of carbonyl (C=O) groups excluding carboxylic acids is 1. The lowest BCUT2D eigenvalue weighted by Crippen LogP contribution is -2.40. The maximum absolute atomic E-state index is 12.6. The number of aromatic nitrogens is 2. The van der Waals surface area contributed by atoms with Gasteiger partial charge >= 0.3 is 0 Å². The first kappa shape index (κ1) is 15.4. The first-order chi connectivity index (χ1) is 12.2. The largest absolute Gasteiger partial charge is 0.497 e. The summed E-state index contributed by atoms with van der Waals surface area (Å²) in [6, 6.07) is 17.5. The summed E-state index contributed by atoms with van der Waals surface area (Å²) in [5, 5.41) is 2.38. The van der Waals surface area contributed by atoms with E-state index >= 15 is 0 Å². The van der Waals surface area contributed by atoms with E-state index in [9.17, 15) is 4.79 Å². The number of aryl methyl sites for hydroxylation is 1. The topological polar surface area (TPSA) is 46.0 Å². The van der Waals surface area contributed by atoms with Crippen LogP contribution in [0.5, 0.6) is 5.75 Å². The summed E-state index contributed by atoms with van der Waals surface area (Å²) in [5.74, 6) is 0.825. The molecular formula is C21H19N2O2+. The molecule has 4 rings (SSSR count). The van der Waals surface area contributed by atoms with Crippen molar-refractivity contribution in [3.63, 3.8) is 0 Å². The summed E-state index contributed by atoms with van der Waals surface area (Å²) in [6.45, 7) is 2.35. The van der Waals surface area contributed by atoms with E-state index in [0.29, 0.717) is 12.1 Å². The lowest BCUT2D eigenvalue weighted by atomic mass is 10.1. The van der Waals surface area contributed by atoms with Gasteiger partial charge in [0.15, 0.2) is 6.20 Å². The average Bonchev–Trinajstić information content (AvgIpc) is 3.03. The smallest absolute Gasteiger partial charge is 0.227 e. The standard InChI is InChI=1S/C21H18N2O2/c1-14-21-18(17-5-3-4-6-19(17)22-21)11-12-23(14)13-20(24)15-7-9-16(25-2)10-8-15/h3-12H,13H2,1-2H3/p+1. The highest BCUT2D eigenvalue weighted by Gasteiger charge is 2.18. The van der Waals surface area contributed by atoms with Crippen molar-refractivity contribution in [2.24, 2.45) is 0 Å². The third-order valence-electron chi connectivity index (χ3n) is 4.69. The summed E-state index contributed by atoms with van der Waals surface area (Å²) in [5.41, 5.74) is 3.92. The number of aromatic amines is 1. The van der Waals surface area contributed by atoms with E-state index in [1.54, 1.807) is 19.2 Å². The van der Waals surface area contributed by atoms with Crippen LogP contribution in [0.4, 0.5) is 0 Å². The van der Waals surface area contributed by atoms with Crippen molar-refractivity contribution in [1.29, 1.82) is 0 Å². The van der Waals surface area contributed by atoms with Gasteiger partial charge in [0.1, 0.15) is 11.3 Å². The van der Waals surface area contributed by atoms with Gasteiger partial charge in [0.25, 0.3) is 0 Å². The minimum absolute atomic E-state index is 0.0752. The van der Waals surface area contributed by atoms with Crippen LogP contribution in [0.2, 0.25) is 0 Å². The van der Waals surface area contributed by atoms with Gasteiger partial charge in [-0.3, -0.25) is 4.79 Å². The molecule has 0 bridgehead atoms. The highest BCUT2D eigenvalue weighted by Crippen LogP contribution is 2.25. The van der Waals surface area contributed by atoms with Gasteiger partial charge in [-0.15, -0.1) is 0 Å². The van der Waals surface area contributed by atoms with Crippen molar-refractivity contribution < 1.29 is 14.1 Å². The summed E-state index contributed by atoms with van der Waals surface area (Å²) < 4.78 is 7.13. The van der Waals surface area contributed by atoms with Crippen LogP contribution >= 0.6 is 0 Å². The van der Waals surface area contributed by atoms with Crippen molar-refractivity contribution in [1.82, 2.24) is 4.98 Å². The Labute approximate surface area is 145 Å². The normalized spacial score (nSPS) is 11.1. The minimum Gasteiger partial charge on any atom is -0.497 e. The third-order valence-corrected chi connectivity index (χ3v) is 4.69. The van der Waals surface area contributed by atoms with Gasteiger partial charge in [0.05, 0.1) is 7.11 Å². The Morgan fingerprint density at radius 3 is 2.56 bits per heavy atom. The molecule has 124 valence electrons. The molecule has 0 saturated carbocycles. The number of pyridine rings is 1. The van der Waals surface area contributed by atoms with Crippen molar-refractivity contribution in [3.05, 3.63) is 72.1 Å². The van der Waals surface area contributed by atoms with Crippen LogP contribution in [-0.2, 0) is 6.54 Å². The number of H-pyrrole nitrogens is 1. The second-order valence-corrected chi connectivity index (χ2v) is 6.14. The van der Waals surface area contributed by atoms with Gasteiger partial charge in [0, 0.05) is 34.8 Å². The number of carbonyl (C=O) groups is 1. The Hall–Kier alpha value is -3.14. The molecule has 0 atom stereocenters. The number of ether oxygens (including phenoxy) is 1. The molecule has 0 saturated heterocycles. The second-order valence-electron chi connectivity index (χ2n) is 6.14. The van der Waals surface area contributed by atoms with Crippen molar-refractivity contribution in [2.75, 3.05) is 7.11 Å². The highest BCUT2D eigenvalue weighted by atomic mass is 16.5. The fraction of sp³-hybridized carbons (Fsp3) is 0.143. The number of Topliss-reactive ketones (excluding diaryl/α,β-unsaturated/α-hetero) is 1. The van der Waals surface area contributed by atoms with Gasteiger partial charge in [-0.25, -0.2) is 0 Å². The van der Waals surface area contributed by atoms with E-state index < -0.39 is 0 Å². The summed E-state index contributed by atoms with van der Waals surface area (Å²) in [6.07, 6.45) is 1.99. The molecule has 0 aliphatic rings. The number of methoxy groups -OCH3 is 1. The van der Waals surface area contributed by atoms with Crippen LogP contribution in [0.15, 0.2) is 60.8 Å². The van der Waals surface area contributed by atoms with Crippen LogP contribution in [0, 0.1) is 6.92 Å². The number of fused-ring (bicyclic) bond motifs is 3. The Morgan fingerprint density at radius 2 is 1.80 bits per heavy atom. The zero-order chi connectivity index (χ0) is 17.4. The maximum atomic E-state index is 12.6. The highest BCUT2D eigenvalue weighted by molar-refractivity contribution is 6.07. The van der Waals surface area contributed by atoms with Gasteiger partial charge in [-0.1, -0.05) is 18.2 Å². The van der Waals surface area contributed by atoms with Crippen LogP contribution in [0.1, 0.15) is 16.1 Å². The molecule has 25 heavy (non-hydrogen) atoms. The number of rotatable bonds is 4. The van der Waals surface area contributed by atoms with Crippen molar-refractivity contribution in [3.8, 4) is 5.75 Å². The van der Waals surface area contributed by atoms with Crippen molar-refractivity contribution in [2.45, 2.75) is 13.5 Å². The van der Waals surface area contributed by atoms with Crippen LogP contribution in [0.25, 0.3) is 21.8 Å². The van der Waals surface area contributed by atoms with Gasteiger partial charge in [-0.2, -0.15) is 4.57 Å². The number of hydrogen-bond acceptors (Lipinski definition) is 2. The number of para-hydroxylation sites is 1. The molecule has 0 aliphatic heterocycles. The van der Waals surface area contributed by atoms with E-state index in [-0.39, 0.29) is 5.78 Å². The van der Waals surface area contributed by atoms with E-state index in [2.05, 4.69) is 23.2 Å². The molecule has 0 aliphatic carbocycles. The predicted octanol–water partition coefficient (Wildman–Crippen LogP) is 3.81. The lowest BCUT2D eigenvalue weighted by molar-refractivity contribution is -0.687. The molecule has 4 aromatic rings. The summed E-state index contributed by atoms with van der Waals surface area (Å²) in [7, 11) is 1.62. The molecule has 0 unspecified atom stereocenters. The van der Waals surface area contributed by atoms with E-state index in [4.69, 9.17) is 4.74 Å². The minimum atomic E-state index is 0.0752. The van der Waals surface area contributed by atoms with Crippen molar-refractivity contribution >= 4 is 27.6 Å². The quantitative estimate of drug-likeness (QED) is 0.456. The lowest BCUT2D eigenvalue weighted by Gasteiger charge is -2.03. The second kappa shape index (κ2) is 6.06. The number of benzene rings is 2. The summed E-state index contributed by atoms with van der Waals surface area (Å²) in [4.78, 5) is 16.1. The van der Waals surface area contributed by atoms with E-state index in [0.717, 1.165) is 22.5 Å². The molecule has 0 spiro atoms. The number of hydrogen-bond donors (Lipinski definition) is 1. The van der Waals surface area contributed by atoms with Crippen LogP contribution < -0.4 is 9.30 Å². The maximum Gasteiger partial charge on any atom is 0.227 e. The number of nitrogens with zero attached hydrogens (tertiary/aromatic N) is 1. The molecule has 2 aromatic heterocycles. The summed E-state index contributed by atoms with van der Waals surface area (Å²) >= 11 is 0. The van der Waals surface area contributed by atoms with Crippen LogP contribution in [-0.4, -0.2) is 17.9 Å². The Morgan fingerprint density at radius 1 is 1.04 bits per heavy atom. The zero-order valence-electron chi connectivity index (χ0n) is 14.2. The first-order valence-corrected chi connectivity index (χ1v) is 8.24.